The number of benzene rings is 2. The van der Waals surface area contributed by atoms with Gasteiger partial charge in [-0.15, -0.1) is 0 Å². The number of carbonyl (C=O) groups excluding carboxylic acids is 1. The zero-order valence-corrected chi connectivity index (χ0v) is 18.8. The van der Waals surface area contributed by atoms with Gasteiger partial charge in [0, 0.05) is 24.2 Å². The van der Waals surface area contributed by atoms with Crippen molar-refractivity contribution in [1.82, 2.24) is 9.62 Å². The van der Waals surface area contributed by atoms with Gasteiger partial charge in [-0.1, -0.05) is 31.2 Å². The normalized spacial score (nSPS) is 16.0. The second-order valence-electron chi connectivity index (χ2n) is 8.07. The summed E-state index contributed by atoms with van der Waals surface area (Å²) >= 11 is 0. The molecule has 1 saturated heterocycles. The predicted molar refractivity (Wildman–Crippen MR) is 118 cm³/mol. The van der Waals surface area contributed by atoms with Crippen LogP contribution in [0.3, 0.4) is 0 Å². The van der Waals surface area contributed by atoms with Gasteiger partial charge in [-0.25, -0.2) is 8.42 Å². The Bertz CT molecular complexity index is 948. The van der Waals surface area contributed by atoms with Crippen LogP contribution >= 0.6 is 0 Å². The quantitative estimate of drug-likeness (QED) is 0.669. The number of amides is 1. The highest BCUT2D eigenvalue weighted by molar-refractivity contribution is 7.89. The molecule has 1 aliphatic heterocycles. The number of quaternary nitrogens is 1. The molecule has 30 heavy (non-hydrogen) atoms. The van der Waals surface area contributed by atoms with Crippen LogP contribution in [0, 0.1) is 0 Å². The summed E-state index contributed by atoms with van der Waals surface area (Å²) in [6.07, 6.45) is 2.80. The van der Waals surface area contributed by atoms with E-state index < -0.39 is 10.0 Å². The van der Waals surface area contributed by atoms with E-state index in [1.165, 1.54) is 32.5 Å². The van der Waals surface area contributed by atoms with Crippen molar-refractivity contribution >= 4 is 15.9 Å². The van der Waals surface area contributed by atoms with E-state index in [0.717, 1.165) is 19.3 Å². The molecule has 1 aliphatic rings. The molecule has 1 amide bonds. The first-order valence-corrected chi connectivity index (χ1v) is 12.0. The third kappa shape index (κ3) is 5.09. The van der Waals surface area contributed by atoms with E-state index in [-0.39, 0.29) is 16.8 Å². The van der Waals surface area contributed by atoms with Crippen molar-refractivity contribution in [3.8, 4) is 0 Å². The van der Waals surface area contributed by atoms with Crippen LogP contribution in [0.2, 0.25) is 0 Å². The van der Waals surface area contributed by atoms with Gasteiger partial charge in [0.1, 0.15) is 6.04 Å². The molecular formula is C23H32N3O3S+. The van der Waals surface area contributed by atoms with Crippen molar-refractivity contribution in [1.29, 1.82) is 0 Å². The molecule has 2 aromatic rings. The van der Waals surface area contributed by atoms with Crippen molar-refractivity contribution < 1.29 is 18.1 Å². The number of hydrogen-bond acceptors (Lipinski definition) is 3. The molecule has 0 spiro atoms. The average molecular weight is 431 g/mol. The van der Waals surface area contributed by atoms with Crippen LogP contribution in [0.1, 0.15) is 47.3 Å². The molecule has 1 fully saturated rings. The number of rotatable bonds is 8. The summed E-state index contributed by atoms with van der Waals surface area (Å²) in [6, 6.07) is 14.9. The SMILES string of the molecule is CCc1ccc([C@H](CNC(=O)c2ccc(S(=O)(=O)N3CCCC3)cc2)[NH+](C)C)cc1. The van der Waals surface area contributed by atoms with Crippen molar-refractivity contribution in [3.05, 3.63) is 65.2 Å². The standard InChI is InChI=1S/C23H31N3O3S/c1-4-18-7-9-19(10-8-18)22(25(2)3)17-24-23(27)20-11-13-21(14-12-20)30(28,29)26-15-5-6-16-26/h7-14,22H,4-6,15-17H2,1-3H3,(H,24,27)/p+1/t22-/m0/s1. The van der Waals surface area contributed by atoms with Crippen LogP contribution in [0.4, 0.5) is 0 Å². The predicted octanol–water partition coefficient (Wildman–Crippen LogP) is 1.65. The number of nitrogens with one attached hydrogen (secondary N) is 2. The summed E-state index contributed by atoms with van der Waals surface area (Å²) in [5.74, 6) is -0.198. The third-order valence-corrected chi connectivity index (χ3v) is 7.69. The summed E-state index contributed by atoms with van der Waals surface area (Å²) in [7, 11) is 0.682. The topological polar surface area (TPSA) is 70.9 Å². The maximum Gasteiger partial charge on any atom is 0.251 e. The number of likely N-dealkylation sites (N-methyl/N-ethyl adjacent to an activating group) is 1. The molecule has 0 aromatic heterocycles. The minimum Gasteiger partial charge on any atom is -0.346 e. The van der Waals surface area contributed by atoms with E-state index in [0.29, 0.717) is 25.2 Å². The molecule has 0 unspecified atom stereocenters. The fourth-order valence-corrected chi connectivity index (χ4v) is 5.31. The van der Waals surface area contributed by atoms with Crippen LogP contribution < -0.4 is 10.2 Å². The van der Waals surface area contributed by atoms with Gasteiger partial charge in [-0.2, -0.15) is 4.31 Å². The summed E-state index contributed by atoms with van der Waals surface area (Å²) < 4.78 is 26.8. The van der Waals surface area contributed by atoms with Gasteiger partial charge in [0.2, 0.25) is 10.0 Å². The van der Waals surface area contributed by atoms with E-state index in [1.54, 1.807) is 12.1 Å². The summed E-state index contributed by atoms with van der Waals surface area (Å²) in [5, 5.41) is 3.00. The first-order valence-electron chi connectivity index (χ1n) is 10.6. The van der Waals surface area contributed by atoms with Gasteiger partial charge in [-0.05, 0) is 49.1 Å². The number of hydrogen-bond donors (Lipinski definition) is 2. The van der Waals surface area contributed by atoms with E-state index in [2.05, 4.69) is 50.6 Å². The molecule has 7 heteroatoms. The Labute approximate surface area is 179 Å². The monoisotopic (exact) mass is 430 g/mol. The fourth-order valence-electron chi connectivity index (χ4n) is 3.79. The lowest BCUT2D eigenvalue weighted by Crippen LogP contribution is -3.07. The van der Waals surface area contributed by atoms with E-state index >= 15 is 0 Å². The largest absolute Gasteiger partial charge is 0.346 e. The lowest BCUT2D eigenvalue weighted by molar-refractivity contribution is -0.890. The molecular weight excluding hydrogens is 398 g/mol. The van der Waals surface area contributed by atoms with Crippen LogP contribution in [0.25, 0.3) is 0 Å². The summed E-state index contributed by atoms with van der Waals surface area (Å²) in [4.78, 5) is 14.1. The van der Waals surface area contributed by atoms with E-state index in [1.807, 2.05) is 0 Å². The maximum absolute atomic E-state index is 12.6. The third-order valence-electron chi connectivity index (χ3n) is 5.77. The van der Waals surface area contributed by atoms with Gasteiger partial charge in [0.05, 0.1) is 25.5 Å². The number of aryl methyl sites for hydroxylation is 1. The van der Waals surface area contributed by atoms with E-state index in [9.17, 15) is 13.2 Å². The highest BCUT2D eigenvalue weighted by atomic mass is 32.2. The number of nitrogens with zero attached hydrogens (tertiary/aromatic N) is 1. The van der Waals surface area contributed by atoms with Crippen LogP contribution in [-0.2, 0) is 16.4 Å². The average Bonchev–Trinajstić information content (AvgIpc) is 3.30. The van der Waals surface area contributed by atoms with Crippen molar-refractivity contribution in [2.24, 2.45) is 0 Å². The van der Waals surface area contributed by atoms with Gasteiger partial charge < -0.3 is 10.2 Å². The zero-order chi connectivity index (χ0) is 21.7. The zero-order valence-electron chi connectivity index (χ0n) is 18.0. The second-order valence-corrected chi connectivity index (χ2v) is 10.0. The Morgan fingerprint density at radius 2 is 1.63 bits per heavy atom. The minimum atomic E-state index is -3.46. The van der Waals surface area contributed by atoms with Crippen LogP contribution in [-0.4, -0.2) is 52.4 Å². The molecule has 0 saturated carbocycles. The van der Waals surface area contributed by atoms with Crippen LogP contribution in [0.5, 0.6) is 0 Å². The van der Waals surface area contributed by atoms with Crippen molar-refractivity contribution in [2.45, 2.75) is 37.1 Å². The van der Waals surface area contributed by atoms with Gasteiger partial charge >= 0.3 is 0 Å². The highest BCUT2D eigenvalue weighted by Gasteiger charge is 2.27. The lowest BCUT2D eigenvalue weighted by Gasteiger charge is -2.22. The number of sulfonamides is 1. The molecule has 1 atom stereocenters. The van der Waals surface area contributed by atoms with Crippen molar-refractivity contribution in [3.63, 3.8) is 0 Å². The molecule has 2 N–H and O–H groups in total. The molecule has 0 aliphatic carbocycles. The Balaban J connectivity index is 1.65. The summed E-state index contributed by atoms with van der Waals surface area (Å²) in [6.45, 7) is 3.77. The summed E-state index contributed by atoms with van der Waals surface area (Å²) in [5.41, 5.74) is 2.93. The number of carbonyl (C=O) groups is 1. The lowest BCUT2D eigenvalue weighted by atomic mass is 10.0. The maximum atomic E-state index is 12.6. The van der Waals surface area contributed by atoms with Gasteiger partial charge in [0.25, 0.3) is 5.91 Å². The first-order chi connectivity index (χ1) is 14.3. The van der Waals surface area contributed by atoms with Crippen LogP contribution in [0.15, 0.2) is 53.4 Å². The van der Waals surface area contributed by atoms with Gasteiger partial charge in [-0.3, -0.25) is 4.79 Å². The van der Waals surface area contributed by atoms with E-state index in [4.69, 9.17) is 0 Å². The molecule has 0 bridgehead atoms. The molecule has 162 valence electrons. The minimum absolute atomic E-state index is 0.134. The molecule has 2 aromatic carbocycles. The molecule has 6 nitrogen and oxygen atoms in total. The Morgan fingerprint density at radius 1 is 1.03 bits per heavy atom. The fraction of sp³-hybridized carbons (Fsp3) is 0.435. The molecule has 0 radical (unpaired) electrons. The first kappa shape index (κ1) is 22.5. The Kier molecular flexibility index (Phi) is 7.28. The second kappa shape index (κ2) is 9.73. The molecule has 3 rings (SSSR count). The Morgan fingerprint density at radius 3 is 2.17 bits per heavy atom. The highest BCUT2D eigenvalue weighted by Crippen LogP contribution is 2.21. The molecule has 1 heterocycles. The van der Waals surface area contributed by atoms with Gasteiger partial charge in [0.15, 0.2) is 0 Å². The van der Waals surface area contributed by atoms with Crippen molar-refractivity contribution in [2.75, 3.05) is 33.7 Å². The smallest absolute Gasteiger partial charge is 0.251 e. The Hall–Kier alpha value is -2.22.